The van der Waals surface area contributed by atoms with E-state index in [2.05, 4.69) is 23.2 Å². The van der Waals surface area contributed by atoms with Crippen LogP contribution in [0.4, 0.5) is 0 Å². The monoisotopic (exact) mass is 986 g/mol. The molecule has 0 radical (unpaired) electrons. The van der Waals surface area contributed by atoms with Gasteiger partial charge in [0.15, 0.2) is 18.7 Å². The Bertz CT molecular complexity index is 2010. The lowest BCUT2D eigenvalue weighted by Crippen LogP contribution is -2.66. The van der Waals surface area contributed by atoms with Crippen molar-refractivity contribution < 1.29 is 72.4 Å². The van der Waals surface area contributed by atoms with Gasteiger partial charge in [0.05, 0.1) is 49.0 Å². The number of methoxy groups -OCH3 is 1. The largest absolute Gasteiger partial charge is 0.466 e. The smallest absolute Gasteiger partial charge is 0.309 e. The van der Waals surface area contributed by atoms with Crippen LogP contribution in [-0.4, -0.2) is 181 Å². The number of hydrogen-bond acceptors (Lipinski definition) is 18. The molecule has 18 heteroatoms. The van der Waals surface area contributed by atoms with Crippen LogP contribution in [0.1, 0.15) is 92.1 Å². The Morgan fingerprint density at radius 2 is 1.69 bits per heavy atom. The summed E-state index contributed by atoms with van der Waals surface area (Å²) in [6.45, 7) is 11.1. The van der Waals surface area contributed by atoms with Crippen LogP contribution in [0.15, 0.2) is 48.7 Å². The van der Waals surface area contributed by atoms with Gasteiger partial charge in [-0.3, -0.25) is 19.4 Å². The molecule has 70 heavy (non-hydrogen) atoms. The van der Waals surface area contributed by atoms with Crippen molar-refractivity contribution in [1.29, 1.82) is 0 Å². The average Bonchev–Trinajstić information content (AvgIpc) is 3.30. The molecule has 392 valence electrons. The molecule has 3 aliphatic heterocycles. The maximum Gasteiger partial charge on any atom is 0.309 e. The molecule has 0 aliphatic carbocycles. The number of para-hydroxylation sites is 1. The van der Waals surface area contributed by atoms with Crippen LogP contribution in [0.2, 0.25) is 0 Å². The average molecular weight is 986 g/mol. The van der Waals surface area contributed by atoms with Crippen LogP contribution in [0.25, 0.3) is 10.9 Å². The number of esters is 3. The molecule has 0 saturated carbocycles. The first kappa shape index (κ1) is 57.0. The third-order valence-corrected chi connectivity index (χ3v) is 13.9. The molecule has 0 amide bonds. The molecular weight excluding hydrogens is 907 g/mol. The van der Waals surface area contributed by atoms with Gasteiger partial charge in [-0.15, -0.1) is 0 Å². The standard InChI is InChI=1S/C52H79N3O15/c1-11-41(58)67-40-27-43(60)64-25-22-34(16-15-17-35-20-23-53-38-19-14-13-18-37(35)38)29-55(9)30-39(57)31(3)26-36(21-24-56)48(49(40)63-10)70-51-46(61)45(54(7)8)47(32(4)66-51)69-44-28-52(6,62)50(33(5)65-44)68-42(59)12-2/h13-16,18-20,23-24,31-34,36,39-40,44-51,57,61-62H,11-12,17,21-22,25-30H2,1-10H3/b16-15+/t31-,32?,33?,34?,36+,39+,40-,44+,45?,46?,47-,48+,49+,50+,51+,52?/m1/s1. The van der Waals surface area contributed by atoms with E-state index in [-0.39, 0.29) is 44.6 Å². The molecule has 1 aromatic heterocycles. The van der Waals surface area contributed by atoms with Crippen molar-refractivity contribution in [2.45, 2.75) is 172 Å². The molecule has 18 nitrogen and oxygen atoms in total. The van der Waals surface area contributed by atoms with Crippen molar-refractivity contribution in [3.05, 3.63) is 54.2 Å². The van der Waals surface area contributed by atoms with Gasteiger partial charge >= 0.3 is 17.9 Å². The zero-order valence-corrected chi connectivity index (χ0v) is 42.7. The van der Waals surface area contributed by atoms with Crippen LogP contribution >= 0.6 is 0 Å². The Balaban J connectivity index is 1.41. The number of benzene rings is 1. The fourth-order valence-electron chi connectivity index (χ4n) is 10.1. The summed E-state index contributed by atoms with van der Waals surface area (Å²) in [4.78, 5) is 60.0. The van der Waals surface area contributed by atoms with E-state index in [1.807, 2.05) is 43.1 Å². The summed E-state index contributed by atoms with van der Waals surface area (Å²) < 4.78 is 49.3. The number of pyridine rings is 1. The van der Waals surface area contributed by atoms with E-state index in [9.17, 15) is 34.5 Å². The number of carbonyl (C=O) groups excluding carboxylic acids is 4. The van der Waals surface area contributed by atoms with Crippen molar-refractivity contribution in [1.82, 2.24) is 14.8 Å². The summed E-state index contributed by atoms with van der Waals surface area (Å²) in [5.74, 6) is -2.89. The Morgan fingerprint density at radius 3 is 2.36 bits per heavy atom. The van der Waals surface area contributed by atoms with Gasteiger partial charge in [0.2, 0.25) is 0 Å². The Hall–Kier alpha value is -3.95. The van der Waals surface area contributed by atoms with Gasteiger partial charge in [0, 0.05) is 57.5 Å². The molecule has 3 fully saturated rings. The number of hydrogen-bond donors (Lipinski definition) is 3. The normalized spacial score (nSPS) is 35.6. The summed E-state index contributed by atoms with van der Waals surface area (Å²) in [5.41, 5.74) is 0.543. The summed E-state index contributed by atoms with van der Waals surface area (Å²) in [6, 6.07) is 9.19. The van der Waals surface area contributed by atoms with Gasteiger partial charge in [-0.1, -0.05) is 51.1 Å². The zero-order valence-electron chi connectivity index (χ0n) is 42.7. The van der Waals surface area contributed by atoms with Crippen molar-refractivity contribution in [3.8, 4) is 0 Å². The minimum atomic E-state index is -1.50. The predicted molar refractivity (Wildman–Crippen MR) is 258 cm³/mol. The zero-order chi connectivity index (χ0) is 51.3. The first-order valence-electron chi connectivity index (χ1n) is 24.9. The SMILES string of the molecule is CCC(=O)O[C@@H]1CC(=O)OCCC(/C=C/Cc2ccnc3ccccc23)CN(C)C[C@H](O)[C@H](C)C[C@H](CC=O)[C@H](O[C@@H]2OC(C)[C@@H](O[C@H]3CC(C)(O)[C@@H](OC(=O)CC)C(C)O3)C(N(C)C)C2O)[C@H]1OC. The molecule has 3 aliphatic rings. The lowest BCUT2D eigenvalue weighted by atomic mass is 9.82. The van der Waals surface area contributed by atoms with E-state index in [1.54, 1.807) is 59.8 Å². The molecule has 3 N–H and O–H groups in total. The molecule has 0 bridgehead atoms. The van der Waals surface area contributed by atoms with E-state index >= 15 is 0 Å². The van der Waals surface area contributed by atoms with Crippen LogP contribution in [-0.2, 0) is 63.5 Å². The maximum atomic E-state index is 13.8. The van der Waals surface area contributed by atoms with Gasteiger partial charge in [-0.05, 0) is 96.6 Å². The second-order valence-electron chi connectivity index (χ2n) is 19.8. The first-order chi connectivity index (χ1) is 33.3. The number of allylic oxidation sites excluding steroid dienone is 1. The summed E-state index contributed by atoms with van der Waals surface area (Å²) >= 11 is 0. The molecule has 5 rings (SSSR count). The van der Waals surface area contributed by atoms with Crippen LogP contribution in [0, 0.1) is 17.8 Å². The molecular formula is C52H79N3O15. The van der Waals surface area contributed by atoms with E-state index in [1.165, 1.54) is 7.11 Å². The summed E-state index contributed by atoms with van der Waals surface area (Å²) in [5, 5.41) is 36.5. The number of carbonyl (C=O) groups is 4. The highest BCUT2D eigenvalue weighted by Gasteiger charge is 2.53. The maximum absolute atomic E-state index is 13.8. The Labute approximate surface area is 413 Å². The second-order valence-corrected chi connectivity index (χ2v) is 19.8. The van der Waals surface area contributed by atoms with Gasteiger partial charge in [0.25, 0.3) is 0 Å². The topological polar surface area (TPSA) is 222 Å². The number of likely N-dealkylation sites (N-methyl/N-ethyl adjacent to an activating group) is 2. The molecule has 16 atom stereocenters. The van der Waals surface area contributed by atoms with Crippen LogP contribution in [0.3, 0.4) is 0 Å². The molecule has 4 heterocycles. The fraction of sp³-hybridized carbons (Fsp3) is 0.712. The lowest BCUT2D eigenvalue weighted by Gasteiger charge is -2.50. The molecule has 6 unspecified atom stereocenters. The number of aromatic nitrogens is 1. The van der Waals surface area contributed by atoms with Crippen molar-refractivity contribution in [2.75, 3.05) is 47.9 Å². The second kappa shape index (κ2) is 26.7. The third-order valence-electron chi connectivity index (χ3n) is 13.9. The number of ether oxygens (including phenoxy) is 8. The molecule has 0 spiro atoms. The summed E-state index contributed by atoms with van der Waals surface area (Å²) in [7, 11) is 6.83. The minimum Gasteiger partial charge on any atom is -0.466 e. The van der Waals surface area contributed by atoms with Gasteiger partial charge in [0.1, 0.15) is 36.3 Å². The number of cyclic esters (lactones) is 1. The molecule has 1 aromatic carbocycles. The number of β-amino-alcohol motifs (C(OH)–C–C–N with tert-alkyl or cyclic N) is 1. The predicted octanol–water partition coefficient (Wildman–Crippen LogP) is 4.16. The third kappa shape index (κ3) is 15.3. The lowest BCUT2D eigenvalue weighted by molar-refractivity contribution is -0.344. The van der Waals surface area contributed by atoms with Crippen molar-refractivity contribution >= 4 is 35.1 Å². The summed E-state index contributed by atoms with van der Waals surface area (Å²) in [6.07, 6.45) is -3.78. The van der Waals surface area contributed by atoms with E-state index in [0.717, 1.165) is 22.8 Å². The molecule has 2 aromatic rings. The number of aldehydes is 1. The minimum absolute atomic E-state index is 0.0113. The van der Waals surface area contributed by atoms with Crippen LogP contribution < -0.4 is 0 Å². The highest BCUT2D eigenvalue weighted by Crippen LogP contribution is 2.38. The first-order valence-corrected chi connectivity index (χ1v) is 24.9. The van der Waals surface area contributed by atoms with Crippen molar-refractivity contribution in [2.24, 2.45) is 17.8 Å². The highest BCUT2D eigenvalue weighted by atomic mass is 16.7. The molecule has 3 saturated heterocycles. The quantitative estimate of drug-likeness (QED) is 0.0987. The number of fused-ring (bicyclic) bond motifs is 1. The number of nitrogens with zero attached hydrogens (tertiary/aromatic N) is 3. The number of rotatable bonds is 15. The number of aliphatic hydroxyl groups is 3. The Morgan fingerprint density at radius 1 is 0.971 bits per heavy atom. The van der Waals surface area contributed by atoms with Gasteiger partial charge < -0.3 is 67.8 Å². The number of aliphatic hydroxyl groups excluding tert-OH is 2. The van der Waals surface area contributed by atoms with E-state index in [4.69, 9.17) is 37.9 Å². The highest BCUT2D eigenvalue weighted by molar-refractivity contribution is 5.82. The van der Waals surface area contributed by atoms with E-state index in [0.29, 0.717) is 25.9 Å². The van der Waals surface area contributed by atoms with Gasteiger partial charge in [-0.25, -0.2) is 0 Å². The van der Waals surface area contributed by atoms with Crippen LogP contribution in [0.5, 0.6) is 0 Å². The van der Waals surface area contributed by atoms with Crippen molar-refractivity contribution in [3.63, 3.8) is 0 Å². The Kier molecular flexibility index (Phi) is 21.7. The van der Waals surface area contributed by atoms with Gasteiger partial charge in [-0.2, -0.15) is 0 Å². The van der Waals surface area contributed by atoms with E-state index < -0.39 is 115 Å². The fourth-order valence-corrected chi connectivity index (χ4v) is 10.1.